The van der Waals surface area contributed by atoms with E-state index >= 15 is 0 Å². The van der Waals surface area contributed by atoms with E-state index in [0.717, 1.165) is 5.75 Å². The van der Waals surface area contributed by atoms with Crippen molar-refractivity contribution >= 4 is 53.4 Å². The Morgan fingerprint density at radius 2 is 2.04 bits per heavy atom. The molecule has 9 heteroatoms. The van der Waals surface area contributed by atoms with E-state index in [9.17, 15) is 4.79 Å². The Morgan fingerprint density at radius 3 is 2.65 bits per heavy atom. The van der Waals surface area contributed by atoms with Crippen LogP contribution < -0.4 is 15.5 Å². The first-order chi connectivity index (χ1) is 12.0. The van der Waals surface area contributed by atoms with Crippen LogP contribution in [0.5, 0.6) is 5.75 Å². The second-order valence-corrected chi connectivity index (χ2v) is 6.06. The molecule has 0 aliphatic carbocycles. The SMILES string of the molecule is C[C@H](COc1ccc(Cl)cc1)Nc1ncc(/C=C/C(=O)NO)cc1Cl.Cl. The maximum absolute atomic E-state index is 11.0. The zero-order valence-corrected chi connectivity index (χ0v) is 16.1. The number of halogens is 3. The van der Waals surface area contributed by atoms with Crippen LogP contribution >= 0.6 is 35.6 Å². The van der Waals surface area contributed by atoms with E-state index in [4.69, 9.17) is 33.1 Å². The number of hydrogen-bond acceptors (Lipinski definition) is 5. The van der Waals surface area contributed by atoms with Gasteiger partial charge in [0.2, 0.25) is 0 Å². The Kier molecular flexibility index (Phi) is 9.23. The molecule has 0 aliphatic rings. The van der Waals surface area contributed by atoms with Gasteiger partial charge >= 0.3 is 0 Å². The highest BCUT2D eigenvalue weighted by Crippen LogP contribution is 2.22. The van der Waals surface area contributed by atoms with Gasteiger partial charge in [0.05, 0.1) is 11.1 Å². The van der Waals surface area contributed by atoms with Crippen molar-refractivity contribution in [2.24, 2.45) is 0 Å². The van der Waals surface area contributed by atoms with E-state index in [-0.39, 0.29) is 18.4 Å². The summed E-state index contributed by atoms with van der Waals surface area (Å²) in [5.41, 5.74) is 2.13. The molecule has 2 aromatic rings. The largest absolute Gasteiger partial charge is 0.491 e. The van der Waals surface area contributed by atoms with Crippen LogP contribution in [0.3, 0.4) is 0 Å². The van der Waals surface area contributed by atoms with Gasteiger partial charge in [0.15, 0.2) is 0 Å². The molecule has 1 atom stereocenters. The normalized spacial score (nSPS) is 11.5. The molecule has 1 aromatic heterocycles. The fourth-order valence-electron chi connectivity index (χ4n) is 1.89. The number of rotatable bonds is 7. The van der Waals surface area contributed by atoms with E-state index in [1.54, 1.807) is 36.5 Å². The third-order valence-corrected chi connectivity index (χ3v) is 3.64. The summed E-state index contributed by atoms with van der Waals surface area (Å²) in [5.74, 6) is 0.601. The Labute approximate surface area is 167 Å². The summed E-state index contributed by atoms with van der Waals surface area (Å²) in [6.07, 6.45) is 4.21. The minimum absolute atomic E-state index is 0. The molecule has 0 saturated heterocycles. The summed E-state index contributed by atoms with van der Waals surface area (Å²) in [6.45, 7) is 2.35. The zero-order valence-electron chi connectivity index (χ0n) is 13.8. The molecule has 3 N–H and O–H groups in total. The van der Waals surface area contributed by atoms with Gasteiger partial charge in [-0.3, -0.25) is 10.0 Å². The fraction of sp³-hybridized carbons (Fsp3) is 0.176. The number of carbonyl (C=O) groups is 1. The van der Waals surface area contributed by atoms with Gasteiger partial charge < -0.3 is 10.1 Å². The van der Waals surface area contributed by atoms with Gasteiger partial charge in [-0.2, -0.15) is 0 Å². The van der Waals surface area contributed by atoms with Gasteiger partial charge in [-0.05, 0) is 48.9 Å². The lowest BCUT2D eigenvalue weighted by Crippen LogP contribution is -2.24. The van der Waals surface area contributed by atoms with Crippen molar-refractivity contribution in [1.82, 2.24) is 10.5 Å². The molecule has 6 nitrogen and oxygen atoms in total. The lowest BCUT2D eigenvalue weighted by molar-refractivity contribution is -0.124. The maximum atomic E-state index is 11.0. The van der Waals surface area contributed by atoms with E-state index < -0.39 is 5.91 Å². The lowest BCUT2D eigenvalue weighted by atomic mass is 10.2. The van der Waals surface area contributed by atoms with Crippen LogP contribution in [0, 0.1) is 0 Å². The van der Waals surface area contributed by atoms with Crippen LogP contribution in [-0.2, 0) is 4.79 Å². The summed E-state index contributed by atoms with van der Waals surface area (Å²) in [7, 11) is 0. The van der Waals surface area contributed by atoms with Gasteiger partial charge in [-0.25, -0.2) is 10.5 Å². The van der Waals surface area contributed by atoms with Crippen molar-refractivity contribution in [2.75, 3.05) is 11.9 Å². The number of amides is 1. The molecular formula is C17H18Cl3N3O3. The van der Waals surface area contributed by atoms with Crippen molar-refractivity contribution in [3.63, 3.8) is 0 Å². The molecule has 1 amide bonds. The summed E-state index contributed by atoms with van der Waals surface area (Å²) in [6, 6.07) is 8.73. The fourth-order valence-corrected chi connectivity index (χ4v) is 2.24. The van der Waals surface area contributed by atoms with Gasteiger partial charge in [-0.15, -0.1) is 12.4 Å². The minimum Gasteiger partial charge on any atom is -0.491 e. The average Bonchev–Trinajstić information content (AvgIpc) is 2.61. The highest BCUT2D eigenvalue weighted by molar-refractivity contribution is 6.33. The van der Waals surface area contributed by atoms with Crippen LogP contribution in [0.2, 0.25) is 10.0 Å². The first-order valence-corrected chi connectivity index (χ1v) is 8.16. The van der Waals surface area contributed by atoms with Crippen molar-refractivity contribution < 1.29 is 14.7 Å². The average molecular weight is 419 g/mol. The Morgan fingerprint density at radius 1 is 1.35 bits per heavy atom. The van der Waals surface area contributed by atoms with Crippen LogP contribution in [0.1, 0.15) is 12.5 Å². The van der Waals surface area contributed by atoms with Gasteiger partial charge in [0.25, 0.3) is 5.91 Å². The predicted octanol–water partition coefficient (Wildman–Crippen LogP) is 4.21. The number of nitrogens with one attached hydrogen (secondary N) is 2. The number of hydroxylamine groups is 1. The molecule has 140 valence electrons. The highest BCUT2D eigenvalue weighted by Gasteiger charge is 2.08. The number of carbonyl (C=O) groups excluding carboxylic acids is 1. The van der Waals surface area contributed by atoms with Gasteiger partial charge in [-0.1, -0.05) is 23.2 Å². The van der Waals surface area contributed by atoms with Crippen LogP contribution in [0.15, 0.2) is 42.6 Å². The number of nitrogens with zero attached hydrogens (tertiary/aromatic N) is 1. The number of aromatic nitrogens is 1. The van der Waals surface area contributed by atoms with Crippen LogP contribution in [0.4, 0.5) is 5.82 Å². The molecule has 0 saturated carbocycles. The van der Waals surface area contributed by atoms with E-state index in [0.29, 0.717) is 28.0 Å². The highest BCUT2D eigenvalue weighted by atomic mass is 35.5. The molecule has 0 fully saturated rings. The Hall–Kier alpha value is -1.99. The maximum Gasteiger partial charge on any atom is 0.267 e. The molecule has 26 heavy (non-hydrogen) atoms. The van der Waals surface area contributed by atoms with E-state index in [1.807, 2.05) is 6.92 Å². The third kappa shape index (κ3) is 7.09. The first kappa shape index (κ1) is 22.1. The van der Waals surface area contributed by atoms with Crippen LogP contribution in [-0.4, -0.2) is 28.7 Å². The minimum atomic E-state index is -0.633. The summed E-state index contributed by atoms with van der Waals surface area (Å²) >= 11 is 12.0. The summed E-state index contributed by atoms with van der Waals surface area (Å²) in [4.78, 5) is 15.2. The molecule has 0 aliphatic heterocycles. The molecule has 2 rings (SSSR count). The van der Waals surface area contributed by atoms with E-state index in [1.165, 1.54) is 17.6 Å². The van der Waals surface area contributed by atoms with Gasteiger partial charge in [0.1, 0.15) is 18.2 Å². The monoisotopic (exact) mass is 417 g/mol. The topological polar surface area (TPSA) is 83.5 Å². The van der Waals surface area contributed by atoms with Gasteiger partial charge in [0, 0.05) is 17.3 Å². The number of benzene rings is 1. The number of ether oxygens (including phenoxy) is 1. The van der Waals surface area contributed by atoms with Crippen molar-refractivity contribution in [3.8, 4) is 5.75 Å². The zero-order chi connectivity index (χ0) is 18.2. The molecule has 0 spiro atoms. The van der Waals surface area contributed by atoms with Crippen molar-refractivity contribution in [1.29, 1.82) is 0 Å². The smallest absolute Gasteiger partial charge is 0.267 e. The molecule has 1 aromatic carbocycles. The summed E-state index contributed by atoms with van der Waals surface area (Å²) < 4.78 is 5.66. The first-order valence-electron chi connectivity index (χ1n) is 7.40. The summed E-state index contributed by atoms with van der Waals surface area (Å²) in [5, 5.41) is 12.7. The molecule has 0 radical (unpaired) electrons. The third-order valence-electron chi connectivity index (χ3n) is 3.10. The molecular weight excluding hydrogens is 401 g/mol. The molecule has 0 bridgehead atoms. The number of anilines is 1. The Balaban J connectivity index is 0.00000338. The van der Waals surface area contributed by atoms with Crippen LogP contribution in [0.25, 0.3) is 6.08 Å². The quantitative estimate of drug-likeness (QED) is 0.356. The number of pyridine rings is 1. The second-order valence-electron chi connectivity index (χ2n) is 5.22. The standard InChI is InChI=1S/C17H17Cl2N3O3.ClH/c1-11(10-25-14-5-3-13(18)4-6-14)21-17-15(19)8-12(9-20-17)2-7-16(23)22-24;/h2-9,11,24H,10H2,1H3,(H,20,21)(H,22,23);1H/b7-2+;/t11-;/m1./s1. The number of hydrogen-bond donors (Lipinski definition) is 3. The van der Waals surface area contributed by atoms with Crippen molar-refractivity contribution in [3.05, 3.63) is 58.2 Å². The van der Waals surface area contributed by atoms with E-state index in [2.05, 4.69) is 10.3 Å². The molecule has 1 heterocycles. The second kappa shape index (κ2) is 10.9. The van der Waals surface area contributed by atoms with Crippen molar-refractivity contribution in [2.45, 2.75) is 13.0 Å². The lowest BCUT2D eigenvalue weighted by Gasteiger charge is -2.16. The Bertz CT molecular complexity index is 755. The molecule has 0 unspecified atom stereocenters. The predicted molar refractivity (Wildman–Crippen MR) is 105 cm³/mol.